The van der Waals surface area contributed by atoms with Gasteiger partial charge in [-0.05, 0) is 33.2 Å². The minimum atomic E-state index is -3.59. The molecule has 0 aromatic carbocycles. The lowest BCUT2D eigenvalue weighted by Crippen LogP contribution is -2.52. The molecule has 1 aliphatic rings. The molecule has 0 saturated carbocycles. The molecular formula is C13H24N4O3S. The molecule has 2 rings (SSSR count). The number of aromatic nitrogens is 2. The highest BCUT2D eigenvalue weighted by molar-refractivity contribution is 7.89. The van der Waals surface area contributed by atoms with E-state index in [4.69, 9.17) is 4.74 Å². The number of sulfonamides is 1. The van der Waals surface area contributed by atoms with Gasteiger partial charge in [-0.1, -0.05) is 0 Å². The summed E-state index contributed by atoms with van der Waals surface area (Å²) >= 11 is 0. The summed E-state index contributed by atoms with van der Waals surface area (Å²) in [7, 11) is -1.97. The van der Waals surface area contributed by atoms with Crippen LogP contribution < -0.4 is 10.0 Å². The average molecular weight is 316 g/mol. The Morgan fingerprint density at radius 1 is 1.57 bits per heavy atom. The number of imidazole rings is 1. The number of nitrogens with one attached hydrogen (secondary N) is 2. The van der Waals surface area contributed by atoms with E-state index < -0.39 is 10.0 Å². The van der Waals surface area contributed by atoms with Crippen molar-refractivity contribution in [1.82, 2.24) is 19.6 Å². The molecule has 1 aromatic heterocycles. The van der Waals surface area contributed by atoms with E-state index in [0.29, 0.717) is 13.2 Å². The predicted octanol–water partition coefficient (Wildman–Crippen LogP) is 0.511. The first kappa shape index (κ1) is 16.4. The molecule has 1 saturated heterocycles. The van der Waals surface area contributed by atoms with Gasteiger partial charge in [-0.3, -0.25) is 0 Å². The molecule has 0 bridgehead atoms. The van der Waals surface area contributed by atoms with Crippen LogP contribution in [0.4, 0.5) is 0 Å². The van der Waals surface area contributed by atoms with Crippen LogP contribution in [0.3, 0.4) is 0 Å². The van der Waals surface area contributed by atoms with Crippen LogP contribution in [-0.4, -0.2) is 50.3 Å². The van der Waals surface area contributed by atoms with Gasteiger partial charge in [-0.2, -0.15) is 0 Å². The number of methoxy groups -OCH3 is 1. The molecule has 1 unspecified atom stereocenters. The summed E-state index contributed by atoms with van der Waals surface area (Å²) < 4.78 is 34.3. The van der Waals surface area contributed by atoms with Crippen molar-refractivity contribution in [2.45, 2.75) is 43.3 Å². The van der Waals surface area contributed by atoms with Crippen LogP contribution >= 0.6 is 0 Å². The molecule has 0 amide bonds. The average Bonchev–Trinajstić information content (AvgIpc) is 3.07. The summed E-state index contributed by atoms with van der Waals surface area (Å²) in [5.74, 6) is 0. The molecule has 21 heavy (non-hydrogen) atoms. The Balaban J connectivity index is 2.06. The highest BCUT2D eigenvalue weighted by Gasteiger charge is 2.35. The van der Waals surface area contributed by atoms with E-state index in [-0.39, 0.29) is 16.6 Å². The maximum atomic E-state index is 12.3. The lowest BCUT2D eigenvalue weighted by atomic mass is 9.99. The zero-order valence-corrected chi connectivity index (χ0v) is 13.6. The molecule has 8 heteroatoms. The van der Waals surface area contributed by atoms with E-state index in [1.807, 2.05) is 13.8 Å². The van der Waals surface area contributed by atoms with Crippen LogP contribution in [0, 0.1) is 0 Å². The molecule has 1 atom stereocenters. The maximum Gasteiger partial charge on any atom is 0.259 e. The number of rotatable bonds is 7. The smallest absolute Gasteiger partial charge is 0.259 e. The Morgan fingerprint density at radius 2 is 2.33 bits per heavy atom. The Kier molecular flexibility index (Phi) is 5.03. The Labute approximate surface area is 126 Å². The Hall–Kier alpha value is -0.960. The second-order valence-electron chi connectivity index (χ2n) is 5.82. The molecule has 1 aliphatic heterocycles. The second-order valence-corrected chi connectivity index (χ2v) is 7.53. The summed E-state index contributed by atoms with van der Waals surface area (Å²) in [6, 6.07) is 0.179. The highest BCUT2D eigenvalue weighted by atomic mass is 32.2. The van der Waals surface area contributed by atoms with Gasteiger partial charge in [0.05, 0.1) is 18.5 Å². The number of hydrogen-bond acceptors (Lipinski definition) is 5. The Bertz CT molecular complexity index is 562. The standard InChI is InChI=1S/C13H24N4O3S/c1-11(2)17-7-12(14-10-17)21(18,19)16-8-13(9-20-3)5-4-6-15-13/h7,10-11,15-16H,4-6,8-9H2,1-3H3. The molecule has 1 fully saturated rings. The van der Waals surface area contributed by atoms with Crippen LogP contribution in [0.1, 0.15) is 32.7 Å². The third kappa shape index (κ3) is 3.82. The highest BCUT2D eigenvalue weighted by Crippen LogP contribution is 2.20. The topological polar surface area (TPSA) is 85.2 Å². The quantitative estimate of drug-likeness (QED) is 0.765. The molecule has 1 aromatic rings. The summed E-state index contributed by atoms with van der Waals surface area (Å²) in [5.41, 5.74) is -0.317. The van der Waals surface area contributed by atoms with Gasteiger partial charge < -0.3 is 14.6 Å². The molecule has 0 radical (unpaired) electrons. The minimum Gasteiger partial charge on any atom is -0.383 e. The second kappa shape index (κ2) is 6.43. The van der Waals surface area contributed by atoms with E-state index in [9.17, 15) is 8.42 Å². The van der Waals surface area contributed by atoms with E-state index in [1.54, 1.807) is 17.9 Å². The summed E-state index contributed by atoms with van der Waals surface area (Å²) in [5, 5.41) is 3.40. The van der Waals surface area contributed by atoms with Crippen LogP contribution in [-0.2, 0) is 14.8 Å². The van der Waals surface area contributed by atoms with Crippen molar-refractivity contribution in [2.75, 3.05) is 26.8 Å². The van der Waals surface area contributed by atoms with E-state index in [2.05, 4.69) is 15.0 Å². The van der Waals surface area contributed by atoms with Crippen molar-refractivity contribution < 1.29 is 13.2 Å². The molecule has 7 nitrogen and oxygen atoms in total. The minimum absolute atomic E-state index is 0.0572. The monoisotopic (exact) mass is 316 g/mol. The first-order chi connectivity index (χ1) is 9.88. The first-order valence-corrected chi connectivity index (χ1v) is 8.64. The lowest BCUT2D eigenvalue weighted by Gasteiger charge is -2.28. The molecule has 0 aliphatic carbocycles. The predicted molar refractivity (Wildman–Crippen MR) is 79.6 cm³/mol. The normalized spacial score (nSPS) is 23.0. The SMILES string of the molecule is COCC1(CNS(=O)(=O)c2cn(C(C)C)cn2)CCCN1. The van der Waals surface area contributed by atoms with Crippen LogP contribution in [0.25, 0.3) is 0 Å². The molecule has 0 spiro atoms. The first-order valence-electron chi connectivity index (χ1n) is 7.16. The van der Waals surface area contributed by atoms with E-state index in [1.165, 1.54) is 6.33 Å². The van der Waals surface area contributed by atoms with Gasteiger partial charge in [0, 0.05) is 25.9 Å². The van der Waals surface area contributed by atoms with E-state index >= 15 is 0 Å². The molecule has 2 N–H and O–H groups in total. The van der Waals surface area contributed by atoms with Gasteiger partial charge in [-0.15, -0.1) is 0 Å². The van der Waals surface area contributed by atoms with Gasteiger partial charge in [0.15, 0.2) is 5.03 Å². The van der Waals surface area contributed by atoms with Crippen molar-refractivity contribution in [3.63, 3.8) is 0 Å². The number of nitrogens with zero attached hydrogens (tertiary/aromatic N) is 2. The van der Waals surface area contributed by atoms with Crippen molar-refractivity contribution in [2.24, 2.45) is 0 Å². The fraction of sp³-hybridized carbons (Fsp3) is 0.769. The largest absolute Gasteiger partial charge is 0.383 e. The molecule has 120 valence electrons. The maximum absolute atomic E-state index is 12.3. The number of ether oxygens (including phenoxy) is 1. The lowest BCUT2D eigenvalue weighted by molar-refractivity contribution is 0.122. The van der Waals surface area contributed by atoms with Gasteiger partial charge in [0.1, 0.15) is 0 Å². The van der Waals surface area contributed by atoms with Gasteiger partial charge in [0.25, 0.3) is 10.0 Å². The fourth-order valence-electron chi connectivity index (χ4n) is 2.52. The third-order valence-corrected chi connectivity index (χ3v) is 5.09. The van der Waals surface area contributed by atoms with Crippen molar-refractivity contribution in [1.29, 1.82) is 0 Å². The van der Waals surface area contributed by atoms with Crippen molar-refractivity contribution >= 4 is 10.0 Å². The van der Waals surface area contributed by atoms with Crippen molar-refractivity contribution in [3.05, 3.63) is 12.5 Å². The number of hydrogen-bond donors (Lipinski definition) is 2. The molecular weight excluding hydrogens is 292 g/mol. The third-order valence-electron chi connectivity index (χ3n) is 3.80. The van der Waals surface area contributed by atoms with Gasteiger partial charge >= 0.3 is 0 Å². The Morgan fingerprint density at radius 3 is 2.86 bits per heavy atom. The van der Waals surface area contributed by atoms with Gasteiger partial charge in [0.2, 0.25) is 0 Å². The van der Waals surface area contributed by atoms with Crippen LogP contribution in [0.15, 0.2) is 17.6 Å². The zero-order valence-electron chi connectivity index (χ0n) is 12.8. The molecule has 2 heterocycles. The fourth-order valence-corrected chi connectivity index (χ4v) is 3.58. The summed E-state index contributed by atoms with van der Waals surface area (Å²) in [4.78, 5) is 3.98. The van der Waals surface area contributed by atoms with Crippen LogP contribution in [0.2, 0.25) is 0 Å². The summed E-state index contributed by atoms with van der Waals surface area (Å²) in [6.45, 7) is 5.61. The van der Waals surface area contributed by atoms with Crippen LogP contribution in [0.5, 0.6) is 0 Å². The zero-order chi connectivity index (χ0) is 15.5. The van der Waals surface area contributed by atoms with E-state index in [0.717, 1.165) is 19.4 Å². The van der Waals surface area contributed by atoms with Crippen molar-refractivity contribution in [3.8, 4) is 0 Å². The van der Waals surface area contributed by atoms with Gasteiger partial charge in [-0.25, -0.2) is 18.1 Å². The summed E-state index contributed by atoms with van der Waals surface area (Å²) in [6.07, 6.45) is 5.01.